The number of hydrogen-bond acceptors (Lipinski definition) is 1. The van der Waals surface area contributed by atoms with Crippen LogP contribution >= 0.6 is 22.2 Å². The Bertz CT molecular complexity index is 264. The maximum absolute atomic E-state index is 13.0. The van der Waals surface area contributed by atoms with Crippen molar-refractivity contribution in [1.82, 2.24) is 0 Å². The van der Waals surface area contributed by atoms with Crippen LogP contribution in [0.2, 0.25) is 6.04 Å². The SMILES string of the molecule is CCC[Si](Cl)(Cl)COC(F)(C(F)(F)F)C(F)(F)F. The summed E-state index contributed by atoms with van der Waals surface area (Å²) in [6.07, 6.45) is -13.5. The molecule has 0 rings (SSSR count). The molecule has 0 aliphatic heterocycles. The van der Waals surface area contributed by atoms with Crippen LogP contribution in [-0.4, -0.2) is 31.1 Å². The lowest BCUT2D eigenvalue weighted by Crippen LogP contribution is -2.56. The molecule has 0 amide bonds. The van der Waals surface area contributed by atoms with E-state index in [0.717, 1.165) is 0 Å². The Balaban J connectivity index is 4.97. The Morgan fingerprint density at radius 2 is 1.33 bits per heavy atom. The molecule has 0 aliphatic rings. The molecule has 0 unspecified atom stereocenters. The van der Waals surface area contributed by atoms with Crippen molar-refractivity contribution in [3.05, 3.63) is 0 Å². The molecule has 0 aliphatic carbocycles. The molecule has 110 valence electrons. The molecule has 0 radical (unpaired) electrons. The standard InChI is InChI=1S/C7H9Cl2F7OSi/c1-2-3-18(8,9)4-17-5(10,6(11,12)13)7(14,15)16/h2-4H2,1H3. The second-order valence-corrected chi connectivity index (χ2v) is 10.9. The Morgan fingerprint density at radius 3 is 1.61 bits per heavy atom. The van der Waals surface area contributed by atoms with Crippen molar-refractivity contribution in [2.45, 2.75) is 37.6 Å². The summed E-state index contributed by atoms with van der Waals surface area (Å²) in [7, 11) is 0. The normalized spacial score (nSPS) is 15.0. The molecule has 0 N–H and O–H groups in total. The van der Waals surface area contributed by atoms with E-state index in [1.54, 1.807) is 6.92 Å². The topological polar surface area (TPSA) is 9.23 Å². The van der Waals surface area contributed by atoms with Crippen LogP contribution in [0.15, 0.2) is 0 Å². The zero-order valence-corrected chi connectivity index (χ0v) is 11.4. The summed E-state index contributed by atoms with van der Waals surface area (Å²) >= 11 is 11.0. The molecule has 0 bridgehead atoms. The highest BCUT2D eigenvalue weighted by Gasteiger charge is 2.74. The maximum Gasteiger partial charge on any atom is 0.458 e. The van der Waals surface area contributed by atoms with Crippen molar-refractivity contribution in [2.75, 3.05) is 6.23 Å². The fourth-order valence-electron chi connectivity index (χ4n) is 0.967. The predicted octanol–water partition coefficient (Wildman–Crippen LogP) is 4.66. The predicted molar refractivity (Wildman–Crippen MR) is 54.5 cm³/mol. The first kappa shape index (κ1) is 18.3. The Kier molecular flexibility index (Phi) is 5.80. The van der Waals surface area contributed by atoms with Gasteiger partial charge in [0.25, 0.3) is 6.69 Å². The molecule has 0 fully saturated rings. The zero-order chi connectivity index (χ0) is 14.8. The number of rotatable bonds is 5. The first-order valence-electron chi connectivity index (χ1n) is 4.61. The van der Waals surface area contributed by atoms with E-state index < -0.39 is 31.1 Å². The van der Waals surface area contributed by atoms with Gasteiger partial charge in [-0.25, -0.2) is 0 Å². The third kappa shape index (κ3) is 4.43. The smallest absolute Gasteiger partial charge is 0.332 e. The van der Waals surface area contributed by atoms with Crippen LogP contribution in [0, 0.1) is 0 Å². The summed E-state index contributed by atoms with van der Waals surface area (Å²) in [5.41, 5.74) is 0. The van der Waals surface area contributed by atoms with Crippen LogP contribution in [-0.2, 0) is 4.74 Å². The van der Waals surface area contributed by atoms with Gasteiger partial charge in [-0.2, -0.15) is 30.7 Å². The van der Waals surface area contributed by atoms with Gasteiger partial charge in [-0.15, -0.1) is 22.2 Å². The number of ether oxygens (including phenoxy) is 1. The fourth-order valence-corrected chi connectivity index (χ4v) is 3.71. The van der Waals surface area contributed by atoms with Gasteiger partial charge in [0.15, 0.2) is 0 Å². The summed E-state index contributed by atoms with van der Waals surface area (Å²) in [6.45, 7) is -1.92. The Morgan fingerprint density at radius 1 is 0.944 bits per heavy atom. The molecule has 0 aromatic rings. The lowest BCUT2D eigenvalue weighted by atomic mass is 10.3. The highest BCUT2D eigenvalue weighted by Crippen LogP contribution is 2.47. The van der Waals surface area contributed by atoms with Gasteiger partial charge in [-0.05, 0) is 6.04 Å². The fraction of sp³-hybridized carbons (Fsp3) is 1.00. The quantitative estimate of drug-likeness (QED) is 0.401. The van der Waals surface area contributed by atoms with Gasteiger partial charge < -0.3 is 4.74 Å². The summed E-state index contributed by atoms with van der Waals surface area (Å²) in [4.78, 5) is 0. The van der Waals surface area contributed by atoms with E-state index in [2.05, 4.69) is 4.74 Å². The van der Waals surface area contributed by atoms with E-state index >= 15 is 0 Å². The lowest BCUT2D eigenvalue weighted by molar-refractivity contribution is -0.426. The summed E-state index contributed by atoms with van der Waals surface area (Å²) in [6, 6.07) is -0.0120. The molecule has 1 nitrogen and oxygen atoms in total. The molecule has 18 heavy (non-hydrogen) atoms. The van der Waals surface area contributed by atoms with Crippen molar-refractivity contribution in [1.29, 1.82) is 0 Å². The van der Waals surface area contributed by atoms with Gasteiger partial charge >= 0.3 is 18.2 Å². The minimum Gasteiger partial charge on any atom is -0.332 e. The molecule has 0 aromatic carbocycles. The Hall–Kier alpha value is 0.267. The lowest BCUT2D eigenvalue weighted by Gasteiger charge is -2.31. The third-order valence-corrected chi connectivity index (χ3v) is 5.41. The van der Waals surface area contributed by atoms with E-state index in [1.807, 2.05) is 0 Å². The monoisotopic (exact) mass is 340 g/mol. The largest absolute Gasteiger partial charge is 0.458 e. The minimum atomic E-state index is -6.25. The first-order chi connectivity index (χ1) is 7.77. The van der Waals surface area contributed by atoms with E-state index in [-0.39, 0.29) is 6.04 Å². The molecule has 0 spiro atoms. The van der Waals surface area contributed by atoms with Crippen LogP contribution in [0.5, 0.6) is 0 Å². The van der Waals surface area contributed by atoms with Crippen molar-refractivity contribution in [3.8, 4) is 0 Å². The Labute approximate surface area is 109 Å². The van der Waals surface area contributed by atoms with Crippen LogP contribution < -0.4 is 0 Å². The minimum absolute atomic E-state index is 0.0120. The van der Waals surface area contributed by atoms with E-state index in [1.165, 1.54) is 0 Å². The number of alkyl halides is 7. The molecule has 0 saturated heterocycles. The molecular formula is C7H9Cl2F7OSi. The van der Waals surface area contributed by atoms with Gasteiger partial charge in [-0.1, -0.05) is 13.3 Å². The average molecular weight is 341 g/mol. The van der Waals surface area contributed by atoms with E-state index in [0.29, 0.717) is 6.42 Å². The highest BCUT2D eigenvalue weighted by molar-refractivity contribution is 7.45. The maximum atomic E-state index is 13.0. The van der Waals surface area contributed by atoms with Crippen molar-refractivity contribution < 1.29 is 35.5 Å². The van der Waals surface area contributed by atoms with Gasteiger partial charge in [0.2, 0.25) is 0 Å². The van der Waals surface area contributed by atoms with Gasteiger partial charge in [-0.3, -0.25) is 0 Å². The molecule has 0 aromatic heterocycles. The van der Waals surface area contributed by atoms with Crippen LogP contribution in [0.1, 0.15) is 13.3 Å². The van der Waals surface area contributed by atoms with Gasteiger partial charge in [0.1, 0.15) is 0 Å². The second-order valence-electron chi connectivity index (χ2n) is 3.49. The average Bonchev–Trinajstić information content (AvgIpc) is 2.10. The van der Waals surface area contributed by atoms with E-state index in [4.69, 9.17) is 22.2 Å². The summed E-state index contributed by atoms with van der Waals surface area (Å²) in [5.74, 6) is -5.75. The van der Waals surface area contributed by atoms with E-state index in [9.17, 15) is 30.7 Å². The molecular weight excluding hydrogens is 332 g/mol. The zero-order valence-electron chi connectivity index (χ0n) is 8.93. The van der Waals surface area contributed by atoms with Crippen molar-refractivity contribution >= 4 is 28.9 Å². The summed E-state index contributed by atoms with van der Waals surface area (Å²) < 4.78 is 88.8. The molecule has 0 heterocycles. The van der Waals surface area contributed by atoms with Crippen LogP contribution in [0.4, 0.5) is 30.7 Å². The molecule has 0 saturated carbocycles. The van der Waals surface area contributed by atoms with Crippen molar-refractivity contribution in [2.24, 2.45) is 0 Å². The van der Waals surface area contributed by atoms with Gasteiger partial charge in [0.05, 0.1) is 6.23 Å². The van der Waals surface area contributed by atoms with Gasteiger partial charge in [0, 0.05) is 0 Å². The molecule has 11 heteroatoms. The van der Waals surface area contributed by atoms with Crippen LogP contribution in [0.25, 0.3) is 0 Å². The first-order valence-corrected chi connectivity index (χ1v) is 9.05. The second kappa shape index (κ2) is 5.72. The third-order valence-electron chi connectivity index (χ3n) is 1.83. The van der Waals surface area contributed by atoms with Crippen LogP contribution in [0.3, 0.4) is 0 Å². The van der Waals surface area contributed by atoms with Crippen molar-refractivity contribution in [3.63, 3.8) is 0 Å². The highest BCUT2D eigenvalue weighted by atomic mass is 35.7. The number of halogens is 9. The number of hydrogen-bond donors (Lipinski definition) is 0. The molecule has 0 atom stereocenters. The summed E-state index contributed by atoms with van der Waals surface area (Å²) in [5, 5.41) is 0.